The van der Waals surface area contributed by atoms with Crippen LogP contribution in [0.4, 0.5) is 0 Å². The highest BCUT2D eigenvalue weighted by Gasteiger charge is 2.51. The van der Waals surface area contributed by atoms with E-state index in [1.807, 2.05) is 0 Å². The minimum atomic E-state index is -3.18. The summed E-state index contributed by atoms with van der Waals surface area (Å²) in [5.41, 5.74) is 16.3. The van der Waals surface area contributed by atoms with Crippen LogP contribution < -0.4 is 5.19 Å². The van der Waals surface area contributed by atoms with Crippen molar-refractivity contribution in [2.75, 3.05) is 0 Å². The van der Waals surface area contributed by atoms with Crippen LogP contribution in [-0.2, 0) is 6.54 Å². The zero-order valence-corrected chi connectivity index (χ0v) is 32.5. The molecule has 1 aliphatic heterocycles. The van der Waals surface area contributed by atoms with E-state index in [0.29, 0.717) is 0 Å². The molecule has 268 valence electrons. The van der Waals surface area contributed by atoms with E-state index in [1.165, 1.54) is 76.3 Å². The highest BCUT2D eigenvalue weighted by atomic mass is 28.3. The van der Waals surface area contributed by atoms with Crippen LogP contribution in [0.2, 0.25) is 0 Å². The van der Waals surface area contributed by atoms with Gasteiger partial charge in [0.2, 0.25) is 8.07 Å². The molecule has 57 heavy (non-hydrogen) atoms. The molecular weight excluding hydrogens is 703 g/mol. The first kappa shape index (κ1) is 34.3. The summed E-state index contributed by atoms with van der Waals surface area (Å²) >= 11 is 0. The second kappa shape index (κ2) is 14.8. The fourth-order valence-corrected chi connectivity index (χ4v) is 13.6. The second-order valence-electron chi connectivity index (χ2n) is 14.7. The van der Waals surface area contributed by atoms with Gasteiger partial charge in [-0.2, -0.15) is 0 Å². The summed E-state index contributed by atoms with van der Waals surface area (Å²) < 4.78 is 2.44. The maximum absolute atomic E-state index is 4.24. The van der Waals surface area contributed by atoms with Crippen molar-refractivity contribution in [3.05, 3.63) is 258 Å². The standard InChI is InChI=1S/C55H39NSi/c1-6-23-43(24-7-1)52-53(44-25-8-2-9-26-44)55(46-29-12-4-13-30-46)57(47-31-14-5-15-32-47,54(52)45-27-10-3-11-28-45)38-37-41-21-20-22-42(39-41)40-56-50-35-18-16-33-48(50)49-34-17-19-36-51(49)56/h1-36,39H,40H2. The predicted molar refractivity (Wildman–Crippen MR) is 243 cm³/mol. The van der Waals surface area contributed by atoms with Crippen LogP contribution in [0, 0.1) is 11.5 Å². The van der Waals surface area contributed by atoms with Gasteiger partial charge in [-0.3, -0.25) is 0 Å². The van der Waals surface area contributed by atoms with Crippen molar-refractivity contribution in [3.8, 4) is 11.5 Å². The molecule has 1 nitrogen and oxygen atoms in total. The van der Waals surface area contributed by atoms with Crippen molar-refractivity contribution in [1.82, 2.24) is 4.57 Å². The molecule has 9 aromatic rings. The van der Waals surface area contributed by atoms with E-state index in [2.05, 4.69) is 240 Å². The second-order valence-corrected chi connectivity index (χ2v) is 18.0. The third kappa shape index (κ3) is 6.07. The molecule has 0 radical (unpaired) electrons. The van der Waals surface area contributed by atoms with Gasteiger partial charge < -0.3 is 4.57 Å². The van der Waals surface area contributed by atoms with Crippen molar-refractivity contribution >= 4 is 56.6 Å². The van der Waals surface area contributed by atoms with E-state index in [1.54, 1.807) is 0 Å². The summed E-state index contributed by atoms with van der Waals surface area (Å²) in [4.78, 5) is 0. The Hall–Kier alpha value is -7.18. The molecule has 2 heterocycles. The number of hydrogen-bond acceptors (Lipinski definition) is 0. The van der Waals surface area contributed by atoms with E-state index in [-0.39, 0.29) is 0 Å². The van der Waals surface area contributed by atoms with E-state index in [9.17, 15) is 0 Å². The Morgan fingerprint density at radius 3 is 1.30 bits per heavy atom. The van der Waals surface area contributed by atoms with E-state index in [4.69, 9.17) is 0 Å². The third-order valence-electron chi connectivity index (χ3n) is 11.3. The number of allylic oxidation sites excluding steroid dienone is 2. The van der Waals surface area contributed by atoms with Gasteiger partial charge in [0.25, 0.3) is 0 Å². The lowest BCUT2D eigenvalue weighted by Gasteiger charge is -2.30. The number of para-hydroxylation sites is 2. The molecule has 0 saturated heterocycles. The zero-order valence-electron chi connectivity index (χ0n) is 31.5. The molecule has 0 saturated carbocycles. The molecule has 10 rings (SSSR count). The van der Waals surface area contributed by atoms with Gasteiger partial charge in [-0.05, 0) is 78.8 Å². The SMILES string of the molecule is C(#C[Si]1(c2ccccc2)C(c2ccccc2)=C(c2ccccc2)C(c2ccccc2)=C1c1ccccc1)c1cccc(Cn2c3ccccc3c3ccccc32)c1. The summed E-state index contributed by atoms with van der Waals surface area (Å²) in [6.45, 7) is 0.755. The molecule has 0 N–H and O–H groups in total. The number of fused-ring (bicyclic) bond motifs is 3. The Morgan fingerprint density at radius 2 is 0.807 bits per heavy atom. The monoisotopic (exact) mass is 741 g/mol. The molecule has 1 aliphatic rings. The van der Waals surface area contributed by atoms with Crippen molar-refractivity contribution in [3.63, 3.8) is 0 Å². The van der Waals surface area contributed by atoms with Crippen molar-refractivity contribution in [1.29, 1.82) is 0 Å². The summed E-state index contributed by atoms with van der Waals surface area (Å²) in [5, 5.41) is 6.49. The summed E-state index contributed by atoms with van der Waals surface area (Å²) in [6.07, 6.45) is 0. The zero-order chi connectivity index (χ0) is 38.0. The molecule has 0 fully saturated rings. The van der Waals surface area contributed by atoms with Gasteiger partial charge in [0.15, 0.2) is 0 Å². The van der Waals surface area contributed by atoms with Crippen molar-refractivity contribution in [2.24, 2.45) is 0 Å². The minimum absolute atomic E-state index is 0.755. The number of benzene rings is 8. The Morgan fingerprint density at radius 1 is 0.386 bits per heavy atom. The maximum Gasteiger partial charge on any atom is 0.232 e. The van der Waals surface area contributed by atoms with Gasteiger partial charge in [-0.25, -0.2) is 0 Å². The number of hydrogen-bond donors (Lipinski definition) is 0. The topological polar surface area (TPSA) is 4.93 Å². The number of aromatic nitrogens is 1. The fraction of sp³-hybridized carbons (Fsp3) is 0.0182. The first-order valence-electron chi connectivity index (χ1n) is 19.6. The van der Waals surface area contributed by atoms with Gasteiger partial charge in [-0.1, -0.05) is 206 Å². The maximum atomic E-state index is 4.24. The Balaban J connectivity index is 1.26. The van der Waals surface area contributed by atoms with Crippen molar-refractivity contribution < 1.29 is 0 Å². The van der Waals surface area contributed by atoms with Gasteiger partial charge in [0.1, 0.15) is 0 Å². The van der Waals surface area contributed by atoms with Crippen LogP contribution in [0.3, 0.4) is 0 Å². The molecular formula is C55H39NSi. The predicted octanol–water partition coefficient (Wildman–Crippen LogP) is 12.4. The van der Waals surface area contributed by atoms with Crippen LogP contribution in [0.5, 0.6) is 0 Å². The lowest BCUT2D eigenvalue weighted by Crippen LogP contribution is -2.49. The highest BCUT2D eigenvalue weighted by Crippen LogP contribution is 2.55. The third-order valence-corrected chi connectivity index (χ3v) is 15.6. The Kier molecular flexibility index (Phi) is 8.92. The van der Waals surface area contributed by atoms with Gasteiger partial charge in [0, 0.05) is 33.9 Å². The smallest absolute Gasteiger partial charge is 0.232 e. The molecule has 0 amide bonds. The highest BCUT2D eigenvalue weighted by molar-refractivity contribution is 7.26. The van der Waals surface area contributed by atoms with Crippen LogP contribution in [0.1, 0.15) is 33.4 Å². The van der Waals surface area contributed by atoms with Crippen LogP contribution in [0.15, 0.2) is 224 Å². The van der Waals surface area contributed by atoms with E-state index < -0.39 is 8.07 Å². The van der Waals surface area contributed by atoms with Gasteiger partial charge in [-0.15, -0.1) is 5.54 Å². The van der Waals surface area contributed by atoms with Gasteiger partial charge in [0.05, 0.1) is 0 Å². The summed E-state index contributed by atoms with van der Waals surface area (Å²) in [7, 11) is -3.18. The first-order chi connectivity index (χ1) is 28.3. The lowest BCUT2D eigenvalue weighted by molar-refractivity contribution is 0.868. The Labute approximate surface area is 335 Å². The quantitative estimate of drug-likeness (QED) is 0.113. The Bertz CT molecular complexity index is 2850. The first-order valence-corrected chi connectivity index (χ1v) is 21.6. The number of rotatable bonds is 7. The number of nitrogens with zero attached hydrogens (tertiary/aromatic N) is 1. The molecule has 0 spiro atoms. The lowest BCUT2D eigenvalue weighted by atomic mass is 9.89. The van der Waals surface area contributed by atoms with Crippen LogP contribution >= 0.6 is 0 Å². The van der Waals surface area contributed by atoms with Gasteiger partial charge >= 0.3 is 0 Å². The van der Waals surface area contributed by atoms with Crippen molar-refractivity contribution in [2.45, 2.75) is 6.54 Å². The van der Waals surface area contributed by atoms with Crippen LogP contribution in [0.25, 0.3) is 43.3 Å². The summed E-state index contributed by atoms with van der Waals surface area (Å²) in [5.74, 6) is 3.90. The molecule has 0 unspecified atom stereocenters. The average molecular weight is 742 g/mol. The molecule has 8 aromatic carbocycles. The fourth-order valence-electron chi connectivity index (χ4n) is 8.91. The molecule has 1 aromatic heterocycles. The summed E-state index contributed by atoms with van der Waals surface area (Å²) in [6, 6.07) is 81.5. The van der Waals surface area contributed by atoms with E-state index in [0.717, 1.165) is 12.1 Å². The molecule has 0 atom stereocenters. The largest absolute Gasteiger partial charge is 0.336 e. The normalized spacial score (nSPS) is 13.5. The molecule has 0 aliphatic carbocycles. The van der Waals surface area contributed by atoms with E-state index >= 15 is 0 Å². The molecule has 0 bridgehead atoms. The molecule has 2 heteroatoms. The van der Waals surface area contributed by atoms with Crippen LogP contribution in [-0.4, -0.2) is 12.6 Å². The average Bonchev–Trinajstić information content (AvgIpc) is 3.78. The minimum Gasteiger partial charge on any atom is -0.336 e.